The number of sulfonamides is 1. The van der Waals surface area contributed by atoms with E-state index in [0.717, 1.165) is 41.1 Å². The summed E-state index contributed by atoms with van der Waals surface area (Å²) < 4.78 is 44.2. The van der Waals surface area contributed by atoms with Crippen molar-refractivity contribution >= 4 is 27.5 Å². The molecule has 4 aromatic carbocycles. The average molecular weight is 628 g/mol. The van der Waals surface area contributed by atoms with Crippen molar-refractivity contribution in [1.29, 1.82) is 0 Å². The molecule has 1 fully saturated rings. The summed E-state index contributed by atoms with van der Waals surface area (Å²) in [7, 11) is -4.19. The van der Waals surface area contributed by atoms with E-state index in [2.05, 4.69) is 5.32 Å². The van der Waals surface area contributed by atoms with Crippen LogP contribution in [0.5, 0.6) is 0 Å². The minimum absolute atomic E-state index is 0.0105. The monoisotopic (exact) mass is 627 g/mol. The molecule has 1 N–H and O–H groups in total. The lowest BCUT2D eigenvalue weighted by molar-refractivity contribution is -0.140. The fourth-order valence-electron chi connectivity index (χ4n) is 5.69. The number of nitrogens with one attached hydrogen (secondary N) is 1. The normalized spacial score (nSPS) is 14.1. The molecular weight excluding hydrogens is 589 g/mol. The summed E-state index contributed by atoms with van der Waals surface area (Å²) in [6, 6.07) is 29.2. The van der Waals surface area contributed by atoms with Gasteiger partial charge in [-0.2, -0.15) is 0 Å². The Morgan fingerprint density at radius 1 is 0.844 bits per heavy atom. The fraction of sp³-hybridized carbons (Fsp3) is 0.278. The highest BCUT2D eigenvalue weighted by Crippen LogP contribution is 2.26. The van der Waals surface area contributed by atoms with E-state index in [0.29, 0.717) is 5.69 Å². The molecule has 1 atom stereocenters. The maximum atomic E-state index is 15.1. The smallest absolute Gasteiger partial charge is 0.264 e. The van der Waals surface area contributed by atoms with Crippen molar-refractivity contribution < 1.29 is 22.4 Å². The molecule has 7 nitrogen and oxygen atoms in total. The van der Waals surface area contributed by atoms with Gasteiger partial charge in [-0.15, -0.1) is 0 Å². The number of carbonyl (C=O) groups is 2. The van der Waals surface area contributed by atoms with Gasteiger partial charge in [0.2, 0.25) is 11.8 Å². The van der Waals surface area contributed by atoms with E-state index in [1.165, 1.54) is 23.1 Å². The Morgan fingerprint density at radius 2 is 1.44 bits per heavy atom. The van der Waals surface area contributed by atoms with Gasteiger partial charge in [-0.3, -0.25) is 13.9 Å². The number of benzene rings is 4. The van der Waals surface area contributed by atoms with Gasteiger partial charge in [0.1, 0.15) is 18.4 Å². The molecular formula is C36H38FN3O4S. The Labute approximate surface area is 264 Å². The van der Waals surface area contributed by atoms with Crippen molar-refractivity contribution in [1.82, 2.24) is 10.2 Å². The van der Waals surface area contributed by atoms with Crippen LogP contribution in [-0.4, -0.2) is 43.8 Å². The van der Waals surface area contributed by atoms with Crippen molar-refractivity contribution in [2.75, 3.05) is 10.8 Å². The Morgan fingerprint density at radius 3 is 2.09 bits per heavy atom. The molecule has 0 saturated heterocycles. The predicted octanol–water partition coefficient (Wildman–Crippen LogP) is 6.03. The third-order valence-corrected chi connectivity index (χ3v) is 9.99. The summed E-state index contributed by atoms with van der Waals surface area (Å²) in [6.45, 7) is 1.09. The topological polar surface area (TPSA) is 86.8 Å². The molecule has 0 radical (unpaired) electrons. The van der Waals surface area contributed by atoms with Crippen molar-refractivity contribution in [3.8, 4) is 0 Å². The third kappa shape index (κ3) is 7.97. The second-order valence-corrected chi connectivity index (χ2v) is 13.3. The second kappa shape index (κ2) is 14.5. The van der Waals surface area contributed by atoms with Crippen LogP contribution in [0.4, 0.5) is 10.1 Å². The molecule has 0 spiro atoms. The van der Waals surface area contributed by atoms with E-state index in [4.69, 9.17) is 0 Å². The average Bonchev–Trinajstić information content (AvgIpc) is 3.56. The lowest BCUT2D eigenvalue weighted by atomic mass is 10.0. The van der Waals surface area contributed by atoms with E-state index in [-0.39, 0.29) is 35.4 Å². The van der Waals surface area contributed by atoms with E-state index in [1.807, 2.05) is 37.3 Å². The fourth-order valence-corrected chi connectivity index (χ4v) is 7.13. The first-order valence-electron chi connectivity index (χ1n) is 15.2. The van der Waals surface area contributed by atoms with E-state index < -0.39 is 34.3 Å². The predicted molar refractivity (Wildman–Crippen MR) is 173 cm³/mol. The minimum atomic E-state index is -4.19. The maximum Gasteiger partial charge on any atom is 0.264 e. The summed E-state index contributed by atoms with van der Waals surface area (Å²) in [6.07, 6.45) is 3.89. The molecule has 1 saturated carbocycles. The zero-order valence-corrected chi connectivity index (χ0v) is 26.1. The maximum absolute atomic E-state index is 15.1. The van der Waals surface area contributed by atoms with Crippen molar-refractivity contribution in [2.45, 2.75) is 62.6 Å². The first kappa shape index (κ1) is 31.9. The molecule has 9 heteroatoms. The summed E-state index contributed by atoms with van der Waals surface area (Å²) in [5.41, 5.74) is 2.28. The number of hydrogen-bond acceptors (Lipinski definition) is 4. The lowest BCUT2D eigenvalue weighted by Crippen LogP contribution is -2.54. The summed E-state index contributed by atoms with van der Waals surface area (Å²) in [5, 5.41) is 3.12. The highest BCUT2D eigenvalue weighted by Gasteiger charge is 2.35. The summed E-state index contributed by atoms with van der Waals surface area (Å²) in [4.78, 5) is 29.8. The van der Waals surface area contributed by atoms with Gasteiger partial charge in [-0.25, -0.2) is 12.8 Å². The largest absolute Gasteiger partial charge is 0.352 e. The molecule has 0 aliphatic heterocycles. The molecule has 2 amide bonds. The van der Waals surface area contributed by atoms with Crippen LogP contribution >= 0.6 is 0 Å². The molecule has 0 aromatic heterocycles. The standard InChI is InChI=1S/C36H38FN3O4S/c1-27-20-22-31(23-21-27)40(45(43,44)32-17-6-3-7-18-32)26-35(41)39(25-29-14-8-11-19-33(29)37)34(24-28-12-4-2-5-13-28)36(42)38-30-15-9-10-16-30/h2-8,11-14,17-23,30,34H,9-10,15-16,24-26H2,1H3,(H,38,42)/t34-/m0/s1. The minimum Gasteiger partial charge on any atom is -0.352 e. The SMILES string of the molecule is Cc1ccc(N(CC(=O)N(Cc2ccccc2F)[C@@H](Cc2ccccc2)C(=O)NC2CCCC2)S(=O)(=O)c2ccccc2)cc1. The van der Waals surface area contributed by atoms with Gasteiger partial charge in [0.15, 0.2) is 0 Å². The summed E-state index contributed by atoms with van der Waals surface area (Å²) >= 11 is 0. The van der Waals surface area contributed by atoms with E-state index >= 15 is 4.39 Å². The molecule has 0 heterocycles. The highest BCUT2D eigenvalue weighted by atomic mass is 32.2. The van der Waals surface area contributed by atoms with Crippen LogP contribution in [0, 0.1) is 12.7 Å². The van der Waals surface area contributed by atoms with Crippen LogP contribution in [0.1, 0.15) is 42.4 Å². The first-order valence-corrected chi connectivity index (χ1v) is 16.7. The van der Waals surface area contributed by atoms with Crippen molar-refractivity contribution in [3.63, 3.8) is 0 Å². The van der Waals surface area contributed by atoms with Gasteiger partial charge < -0.3 is 10.2 Å². The Hall–Kier alpha value is -4.50. The van der Waals surface area contributed by atoms with Crippen LogP contribution in [0.15, 0.2) is 114 Å². The van der Waals surface area contributed by atoms with Gasteiger partial charge in [0.25, 0.3) is 10.0 Å². The number of rotatable bonds is 12. The van der Waals surface area contributed by atoms with Crippen LogP contribution in [-0.2, 0) is 32.6 Å². The van der Waals surface area contributed by atoms with E-state index in [9.17, 15) is 18.0 Å². The number of amides is 2. The Kier molecular flexibility index (Phi) is 10.3. The zero-order valence-electron chi connectivity index (χ0n) is 25.3. The summed E-state index contributed by atoms with van der Waals surface area (Å²) in [5.74, 6) is -1.48. The Balaban J connectivity index is 1.56. The number of hydrogen-bond donors (Lipinski definition) is 1. The van der Waals surface area contributed by atoms with Crippen LogP contribution in [0.3, 0.4) is 0 Å². The number of aryl methyl sites for hydroxylation is 1. The van der Waals surface area contributed by atoms with E-state index in [1.54, 1.807) is 60.7 Å². The van der Waals surface area contributed by atoms with Crippen molar-refractivity contribution in [3.05, 3.63) is 132 Å². The number of halogens is 1. The molecule has 0 unspecified atom stereocenters. The van der Waals surface area contributed by atoms with Crippen LogP contribution in [0.2, 0.25) is 0 Å². The Bertz CT molecular complexity index is 1690. The van der Waals surface area contributed by atoms with Crippen LogP contribution < -0.4 is 9.62 Å². The van der Waals surface area contributed by atoms with Gasteiger partial charge >= 0.3 is 0 Å². The zero-order chi connectivity index (χ0) is 31.8. The second-order valence-electron chi connectivity index (χ2n) is 11.5. The van der Waals surface area contributed by atoms with Gasteiger partial charge in [0, 0.05) is 24.6 Å². The molecule has 0 bridgehead atoms. The molecule has 5 rings (SSSR count). The molecule has 45 heavy (non-hydrogen) atoms. The van der Waals surface area contributed by atoms with Gasteiger partial charge in [-0.1, -0.05) is 97.3 Å². The molecule has 4 aromatic rings. The molecule has 234 valence electrons. The number of nitrogens with zero attached hydrogens (tertiary/aromatic N) is 2. The van der Waals surface area contributed by atoms with Gasteiger partial charge in [-0.05, 0) is 55.7 Å². The van der Waals surface area contributed by atoms with Crippen LogP contribution in [0.25, 0.3) is 0 Å². The lowest BCUT2D eigenvalue weighted by Gasteiger charge is -2.34. The molecule has 1 aliphatic rings. The molecule has 1 aliphatic carbocycles. The third-order valence-electron chi connectivity index (χ3n) is 8.20. The van der Waals surface area contributed by atoms with Crippen molar-refractivity contribution in [2.24, 2.45) is 0 Å². The first-order chi connectivity index (χ1) is 21.7. The quantitative estimate of drug-likeness (QED) is 0.208. The number of anilines is 1. The number of carbonyl (C=O) groups excluding carboxylic acids is 2. The highest BCUT2D eigenvalue weighted by molar-refractivity contribution is 7.92. The van der Waals surface area contributed by atoms with Gasteiger partial charge in [0.05, 0.1) is 10.6 Å².